The summed E-state index contributed by atoms with van der Waals surface area (Å²) in [5.74, 6) is -2.73. The van der Waals surface area contributed by atoms with Crippen LogP contribution in [0.1, 0.15) is 42.1 Å². The van der Waals surface area contributed by atoms with Gasteiger partial charge in [0.05, 0.1) is 10.6 Å². The molecule has 6 heteroatoms. The molecule has 0 aliphatic carbocycles. The number of hydrogen-bond acceptors (Lipinski definition) is 2. The van der Waals surface area contributed by atoms with Gasteiger partial charge in [-0.3, -0.25) is 4.79 Å². The van der Waals surface area contributed by atoms with Crippen LogP contribution in [0.4, 0.5) is 4.39 Å². The van der Waals surface area contributed by atoms with Gasteiger partial charge in [0.2, 0.25) is 0 Å². The summed E-state index contributed by atoms with van der Waals surface area (Å²) < 4.78 is 13.9. The maximum Gasteiger partial charge on any atom is 0.326 e. The van der Waals surface area contributed by atoms with Gasteiger partial charge in [-0.05, 0) is 25.0 Å². The first-order valence-electron chi connectivity index (χ1n) is 6.36. The lowest BCUT2D eigenvalue weighted by atomic mass is 10.1. The Labute approximate surface area is 121 Å². The molecule has 0 saturated heterocycles. The van der Waals surface area contributed by atoms with E-state index in [0.29, 0.717) is 18.4 Å². The number of carbonyl (C=O) groups excluding carboxylic acids is 1. The van der Waals surface area contributed by atoms with E-state index in [2.05, 4.69) is 5.32 Å². The number of amides is 1. The third-order valence-electron chi connectivity index (χ3n) is 2.97. The highest BCUT2D eigenvalue weighted by Gasteiger charge is 2.22. The first-order chi connectivity index (χ1) is 9.38. The second-order valence-electron chi connectivity index (χ2n) is 4.56. The predicted octanol–water partition coefficient (Wildman–Crippen LogP) is 3.16. The van der Waals surface area contributed by atoms with Crippen LogP contribution in [-0.4, -0.2) is 23.0 Å². The zero-order valence-electron chi connectivity index (χ0n) is 11.4. The van der Waals surface area contributed by atoms with Crippen LogP contribution in [0.25, 0.3) is 0 Å². The number of carboxylic acids is 1. The molecule has 0 saturated carbocycles. The largest absolute Gasteiger partial charge is 0.480 e. The van der Waals surface area contributed by atoms with Gasteiger partial charge in [0.15, 0.2) is 5.82 Å². The average Bonchev–Trinajstić information content (AvgIpc) is 2.40. The van der Waals surface area contributed by atoms with Gasteiger partial charge in [-0.25, -0.2) is 9.18 Å². The molecule has 1 amide bonds. The molecule has 1 atom stereocenters. The van der Waals surface area contributed by atoms with Crippen LogP contribution in [0.2, 0.25) is 5.02 Å². The molecule has 1 aromatic carbocycles. The van der Waals surface area contributed by atoms with Gasteiger partial charge in [-0.15, -0.1) is 0 Å². The summed E-state index contributed by atoms with van der Waals surface area (Å²) in [6.07, 6.45) is 1.78. The topological polar surface area (TPSA) is 66.4 Å². The van der Waals surface area contributed by atoms with Crippen molar-refractivity contribution < 1.29 is 19.1 Å². The SMILES string of the molecule is CCCC[C@H](NC(=O)c1ccc(C)c(Cl)c1F)C(=O)O. The van der Waals surface area contributed by atoms with Crippen molar-refractivity contribution in [2.75, 3.05) is 0 Å². The second kappa shape index (κ2) is 7.24. The Balaban J connectivity index is 2.89. The Morgan fingerprint density at radius 2 is 2.10 bits per heavy atom. The fraction of sp³-hybridized carbons (Fsp3) is 0.429. The summed E-state index contributed by atoms with van der Waals surface area (Å²) in [7, 11) is 0. The van der Waals surface area contributed by atoms with Gasteiger partial charge in [0.25, 0.3) is 5.91 Å². The molecule has 0 fully saturated rings. The Hall–Kier alpha value is -1.62. The Morgan fingerprint density at radius 1 is 1.45 bits per heavy atom. The summed E-state index contributed by atoms with van der Waals surface area (Å²) >= 11 is 5.74. The lowest BCUT2D eigenvalue weighted by Gasteiger charge is -2.15. The van der Waals surface area contributed by atoms with Gasteiger partial charge in [-0.2, -0.15) is 0 Å². The average molecular weight is 302 g/mol. The van der Waals surface area contributed by atoms with Crippen LogP contribution in [0.3, 0.4) is 0 Å². The normalized spacial score (nSPS) is 12.0. The summed E-state index contributed by atoms with van der Waals surface area (Å²) in [5.41, 5.74) is 0.268. The van der Waals surface area contributed by atoms with Gasteiger partial charge in [-0.1, -0.05) is 37.4 Å². The zero-order chi connectivity index (χ0) is 15.3. The first-order valence-corrected chi connectivity index (χ1v) is 6.74. The minimum absolute atomic E-state index is 0.127. The molecule has 2 N–H and O–H groups in total. The van der Waals surface area contributed by atoms with Crippen molar-refractivity contribution in [3.05, 3.63) is 34.1 Å². The Bertz CT molecular complexity index is 519. The maximum absolute atomic E-state index is 13.9. The van der Waals surface area contributed by atoms with Crippen LogP contribution < -0.4 is 5.32 Å². The monoisotopic (exact) mass is 301 g/mol. The number of carbonyl (C=O) groups is 2. The number of benzene rings is 1. The van der Waals surface area contributed by atoms with E-state index in [0.717, 1.165) is 6.42 Å². The summed E-state index contributed by atoms with van der Waals surface area (Å²) in [5, 5.41) is 11.2. The number of aryl methyl sites for hydroxylation is 1. The number of rotatable bonds is 6. The lowest BCUT2D eigenvalue weighted by molar-refractivity contribution is -0.139. The van der Waals surface area contributed by atoms with E-state index in [1.54, 1.807) is 6.92 Å². The highest BCUT2D eigenvalue weighted by atomic mass is 35.5. The number of nitrogens with one attached hydrogen (secondary N) is 1. The number of unbranched alkanes of at least 4 members (excludes halogenated alkanes) is 1. The van der Waals surface area contributed by atoms with Crippen molar-refractivity contribution in [2.45, 2.75) is 39.2 Å². The highest BCUT2D eigenvalue weighted by Crippen LogP contribution is 2.22. The Kier molecular flexibility index (Phi) is 5.95. The molecular weight excluding hydrogens is 285 g/mol. The quantitative estimate of drug-likeness (QED) is 0.848. The summed E-state index contributed by atoms with van der Waals surface area (Å²) in [6.45, 7) is 3.54. The Morgan fingerprint density at radius 3 is 2.65 bits per heavy atom. The molecule has 110 valence electrons. The zero-order valence-corrected chi connectivity index (χ0v) is 12.1. The van der Waals surface area contributed by atoms with E-state index < -0.39 is 23.7 Å². The van der Waals surface area contributed by atoms with Gasteiger partial charge in [0.1, 0.15) is 6.04 Å². The van der Waals surface area contributed by atoms with E-state index in [9.17, 15) is 14.0 Å². The van der Waals surface area contributed by atoms with Crippen LogP contribution in [0.5, 0.6) is 0 Å². The van der Waals surface area contributed by atoms with E-state index in [4.69, 9.17) is 16.7 Å². The predicted molar refractivity (Wildman–Crippen MR) is 74.6 cm³/mol. The van der Waals surface area contributed by atoms with Gasteiger partial charge in [0, 0.05) is 0 Å². The summed E-state index contributed by atoms with van der Waals surface area (Å²) in [6, 6.07) is 1.79. The molecule has 0 heterocycles. The molecule has 0 aliphatic rings. The third kappa shape index (κ3) is 3.93. The number of hydrogen-bond donors (Lipinski definition) is 2. The molecule has 0 unspecified atom stereocenters. The highest BCUT2D eigenvalue weighted by molar-refractivity contribution is 6.31. The number of halogens is 2. The summed E-state index contributed by atoms with van der Waals surface area (Å²) in [4.78, 5) is 23.0. The van der Waals surface area contributed by atoms with Gasteiger partial charge >= 0.3 is 5.97 Å². The fourth-order valence-corrected chi connectivity index (χ4v) is 1.89. The molecule has 1 rings (SSSR count). The van der Waals surface area contributed by atoms with Crippen molar-refractivity contribution in [2.24, 2.45) is 0 Å². The molecule has 4 nitrogen and oxygen atoms in total. The van der Waals surface area contributed by atoms with Crippen molar-refractivity contribution >= 4 is 23.5 Å². The van der Waals surface area contributed by atoms with Crippen LogP contribution in [0.15, 0.2) is 12.1 Å². The minimum atomic E-state index is -1.13. The van der Waals surface area contributed by atoms with E-state index in [1.807, 2.05) is 6.92 Å². The van der Waals surface area contributed by atoms with Crippen molar-refractivity contribution in [1.29, 1.82) is 0 Å². The number of aliphatic carboxylic acids is 1. The fourth-order valence-electron chi connectivity index (χ4n) is 1.72. The molecule has 0 aliphatic heterocycles. The molecule has 1 aromatic rings. The molecule has 0 aromatic heterocycles. The minimum Gasteiger partial charge on any atom is -0.480 e. The first kappa shape index (κ1) is 16.4. The second-order valence-corrected chi connectivity index (χ2v) is 4.94. The molecule has 0 bridgehead atoms. The van der Waals surface area contributed by atoms with Crippen LogP contribution in [0, 0.1) is 12.7 Å². The molecule has 20 heavy (non-hydrogen) atoms. The van der Waals surface area contributed by atoms with E-state index >= 15 is 0 Å². The van der Waals surface area contributed by atoms with Crippen molar-refractivity contribution in [3.63, 3.8) is 0 Å². The lowest BCUT2D eigenvalue weighted by Crippen LogP contribution is -2.41. The van der Waals surface area contributed by atoms with E-state index in [-0.39, 0.29) is 10.6 Å². The smallest absolute Gasteiger partial charge is 0.326 e. The molecule has 0 spiro atoms. The third-order valence-corrected chi connectivity index (χ3v) is 3.43. The van der Waals surface area contributed by atoms with Crippen LogP contribution in [-0.2, 0) is 4.79 Å². The maximum atomic E-state index is 13.9. The molecule has 0 radical (unpaired) electrons. The standard InChI is InChI=1S/C14H17ClFNO3/c1-3-4-5-10(14(19)20)17-13(18)9-7-6-8(2)11(15)12(9)16/h6-7,10H,3-5H2,1-2H3,(H,17,18)(H,19,20)/t10-/m0/s1. The van der Waals surface area contributed by atoms with Crippen LogP contribution >= 0.6 is 11.6 Å². The number of carboxylic acid groups (broad SMARTS) is 1. The van der Waals surface area contributed by atoms with E-state index in [1.165, 1.54) is 12.1 Å². The van der Waals surface area contributed by atoms with Crippen molar-refractivity contribution in [3.8, 4) is 0 Å². The van der Waals surface area contributed by atoms with Crippen molar-refractivity contribution in [1.82, 2.24) is 5.32 Å². The molecular formula is C14H17ClFNO3. The van der Waals surface area contributed by atoms with Gasteiger partial charge < -0.3 is 10.4 Å².